The first-order chi connectivity index (χ1) is 12.6. The highest BCUT2D eigenvalue weighted by Crippen LogP contribution is 2.22. The van der Waals surface area contributed by atoms with Gasteiger partial charge < -0.3 is 5.32 Å². The van der Waals surface area contributed by atoms with E-state index in [2.05, 4.69) is 5.32 Å². The second kappa shape index (κ2) is 8.71. The van der Waals surface area contributed by atoms with Gasteiger partial charge in [0.15, 0.2) is 0 Å². The number of nitrogens with zero attached hydrogens (tertiary/aromatic N) is 1. The molecule has 0 radical (unpaired) electrons. The van der Waals surface area contributed by atoms with Crippen molar-refractivity contribution >= 4 is 38.9 Å². The molecule has 1 amide bonds. The van der Waals surface area contributed by atoms with E-state index in [1.165, 1.54) is 22.5 Å². The average Bonchev–Trinajstić information content (AvgIpc) is 2.53. The van der Waals surface area contributed by atoms with Crippen LogP contribution in [0.2, 0.25) is 5.02 Å². The van der Waals surface area contributed by atoms with Crippen molar-refractivity contribution in [3.8, 4) is 0 Å². The molecule has 0 aromatic heterocycles. The third kappa shape index (κ3) is 6.22. The van der Waals surface area contributed by atoms with E-state index in [0.29, 0.717) is 17.8 Å². The Labute approximate surface area is 164 Å². The van der Waals surface area contributed by atoms with Crippen LogP contribution in [0.15, 0.2) is 36.4 Å². The average molecular weight is 413 g/mol. The molecule has 0 heterocycles. The van der Waals surface area contributed by atoms with Gasteiger partial charge in [0.1, 0.15) is 5.82 Å². The molecule has 2 rings (SSSR count). The Kier molecular flexibility index (Phi) is 6.84. The molecule has 2 aromatic carbocycles. The number of anilines is 2. The van der Waals surface area contributed by atoms with Gasteiger partial charge in [-0.3, -0.25) is 9.10 Å². The first-order valence-corrected chi connectivity index (χ1v) is 10.6. The largest absolute Gasteiger partial charge is 0.326 e. The fourth-order valence-electron chi connectivity index (χ4n) is 2.76. The fourth-order valence-corrected chi connectivity index (χ4v) is 3.89. The molecule has 0 unspecified atom stereocenters. The number of aryl methyl sites for hydroxylation is 2. The lowest BCUT2D eigenvalue weighted by atomic mass is 10.1. The molecule has 5 nitrogen and oxygen atoms in total. The molecule has 2 aromatic rings. The Bertz CT molecular complexity index is 928. The maximum Gasteiger partial charge on any atom is 0.232 e. The van der Waals surface area contributed by atoms with Crippen LogP contribution in [0.4, 0.5) is 15.8 Å². The Morgan fingerprint density at radius 3 is 2.33 bits per heavy atom. The molecule has 0 saturated heterocycles. The second-order valence-corrected chi connectivity index (χ2v) is 8.78. The normalized spacial score (nSPS) is 11.3. The molecular formula is C19H22ClFN2O3S. The standard InChI is InChI=1S/C19H22ClFN2O3S/c1-13-9-14(2)11-16(10-13)23(27(3,25)26)8-4-5-19(24)22-15-6-7-18(21)17(20)12-15/h6-7,9-12H,4-5,8H2,1-3H3,(H,22,24). The molecule has 1 N–H and O–H groups in total. The summed E-state index contributed by atoms with van der Waals surface area (Å²) in [7, 11) is -3.48. The van der Waals surface area contributed by atoms with Gasteiger partial charge in [0, 0.05) is 18.7 Å². The molecule has 0 saturated carbocycles. The van der Waals surface area contributed by atoms with E-state index >= 15 is 0 Å². The molecule has 0 aliphatic heterocycles. The Balaban J connectivity index is 2.01. The summed E-state index contributed by atoms with van der Waals surface area (Å²) in [4.78, 5) is 12.1. The van der Waals surface area contributed by atoms with E-state index in [4.69, 9.17) is 11.6 Å². The van der Waals surface area contributed by atoms with E-state index in [0.717, 1.165) is 17.4 Å². The first kappa shape index (κ1) is 21.2. The number of benzene rings is 2. The van der Waals surface area contributed by atoms with Gasteiger partial charge in [-0.2, -0.15) is 0 Å². The van der Waals surface area contributed by atoms with Crippen molar-refractivity contribution in [3.05, 3.63) is 58.4 Å². The van der Waals surface area contributed by atoms with E-state index in [-0.39, 0.29) is 23.9 Å². The van der Waals surface area contributed by atoms with Crippen molar-refractivity contribution in [2.45, 2.75) is 26.7 Å². The van der Waals surface area contributed by atoms with Crippen molar-refractivity contribution in [2.75, 3.05) is 22.4 Å². The topological polar surface area (TPSA) is 66.5 Å². The lowest BCUT2D eigenvalue weighted by Crippen LogP contribution is -2.31. The third-order valence-electron chi connectivity index (χ3n) is 3.86. The summed E-state index contributed by atoms with van der Waals surface area (Å²) in [5.41, 5.74) is 2.90. The predicted octanol–water partition coefficient (Wildman–Crippen LogP) is 4.28. The van der Waals surface area contributed by atoms with Gasteiger partial charge in [0.05, 0.1) is 17.0 Å². The van der Waals surface area contributed by atoms with Crippen LogP contribution in [0.5, 0.6) is 0 Å². The zero-order valence-electron chi connectivity index (χ0n) is 15.4. The zero-order chi connectivity index (χ0) is 20.2. The van der Waals surface area contributed by atoms with Crippen LogP contribution in [0.25, 0.3) is 0 Å². The van der Waals surface area contributed by atoms with Crippen molar-refractivity contribution in [3.63, 3.8) is 0 Å². The summed E-state index contributed by atoms with van der Waals surface area (Å²) in [6.45, 7) is 3.98. The molecule has 0 bridgehead atoms. The van der Waals surface area contributed by atoms with Gasteiger partial charge in [0.25, 0.3) is 0 Å². The van der Waals surface area contributed by atoms with E-state index in [9.17, 15) is 17.6 Å². The van der Waals surface area contributed by atoms with Gasteiger partial charge in [-0.25, -0.2) is 12.8 Å². The highest BCUT2D eigenvalue weighted by Gasteiger charge is 2.18. The molecule has 27 heavy (non-hydrogen) atoms. The van der Waals surface area contributed by atoms with Crippen LogP contribution in [0, 0.1) is 19.7 Å². The molecule has 0 spiro atoms. The highest BCUT2D eigenvalue weighted by molar-refractivity contribution is 7.92. The Hall–Kier alpha value is -2.12. The first-order valence-electron chi connectivity index (χ1n) is 8.37. The zero-order valence-corrected chi connectivity index (χ0v) is 17.0. The van der Waals surface area contributed by atoms with Crippen LogP contribution < -0.4 is 9.62 Å². The Morgan fingerprint density at radius 1 is 1.15 bits per heavy atom. The van der Waals surface area contributed by atoms with E-state index in [1.54, 1.807) is 12.1 Å². The minimum absolute atomic E-state index is 0.0779. The molecular weight excluding hydrogens is 391 g/mol. The van der Waals surface area contributed by atoms with Crippen molar-refractivity contribution in [1.29, 1.82) is 0 Å². The molecule has 146 valence electrons. The fraction of sp³-hybridized carbons (Fsp3) is 0.316. The second-order valence-electron chi connectivity index (χ2n) is 6.46. The van der Waals surface area contributed by atoms with Crippen molar-refractivity contribution in [1.82, 2.24) is 0 Å². The SMILES string of the molecule is Cc1cc(C)cc(N(CCCC(=O)Nc2ccc(F)c(Cl)c2)S(C)(=O)=O)c1. The summed E-state index contributed by atoms with van der Waals surface area (Å²) in [6, 6.07) is 9.47. The maximum absolute atomic E-state index is 13.2. The van der Waals surface area contributed by atoms with Gasteiger partial charge in [-0.1, -0.05) is 17.7 Å². The highest BCUT2D eigenvalue weighted by atomic mass is 35.5. The number of amides is 1. The monoisotopic (exact) mass is 412 g/mol. The smallest absolute Gasteiger partial charge is 0.232 e. The number of hydrogen-bond acceptors (Lipinski definition) is 3. The van der Waals surface area contributed by atoms with Crippen LogP contribution in [-0.4, -0.2) is 27.1 Å². The lowest BCUT2D eigenvalue weighted by Gasteiger charge is -2.23. The summed E-state index contributed by atoms with van der Waals surface area (Å²) in [5.74, 6) is -0.863. The van der Waals surface area contributed by atoms with Crippen molar-refractivity contribution < 1.29 is 17.6 Å². The Morgan fingerprint density at radius 2 is 1.78 bits per heavy atom. The lowest BCUT2D eigenvalue weighted by molar-refractivity contribution is -0.116. The number of nitrogens with one attached hydrogen (secondary N) is 1. The van der Waals surface area contributed by atoms with Gasteiger partial charge in [-0.05, 0) is 61.7 Å². The predicted molar refractivity (Wildman–Crippen MR) is 107 cm³/mol. The quantitative estimate of drug-likeness (QED) is 0.738. The van der Waals surface area contributed by atoms with E-state index in [1.807, 2.05) is 19.9 Å². The van der Waals surface area contributed by atoms with Gasteiger partial charge in [-0.15, -0.1) is 0 Å². The van der Waals surface area contributed by atoms with Crippen LogP contribution in [0.1, 0.15) is 24.0 Å². The van der Waals surface area contributed by atoms with Crippen LogP contribution in [-0.2, 0) is 14.8 Å². The number of halogens is 2. The maximum atomic E-state index is 13.2. The summed E-state index contributed by atoms with van der Waals surface area (Å²) < 4.78 is 38.8. The summed E-state index contributed by atoms with van der Waals surface area (Å²) >= 11 is 5.69. The van der Waals surface area contributed by atoms with Crippen molar-refractivity contribution in [2.24, 2.45) is 0 Å². The molecule has 0 aliphatic carbocycles. The molecule has 0 aliphatic rings. The summed E-state index contributed by atoms with van der Waals surface area (Å²) in [5, 5.41) is 2.54. The van der Waals surface area contributed by atoms with Crippen LogP contribution in [0.3, 0.4) is 0 Å². The minimum atomic E-state index is -3.48. The molecule has 0 atom stereocenters. The number of rotatable bonds is 7. The molecule has 0 fully saturated rings. The molecule has 8 heteroatoms. The number of carbonyl (C=O) groups excluding carboxylic acids is 1. The number of sulfonamides is 1. The minimum Gasteiger partial charge on any atom is -0.326 e. The third-order valence-corrected chi connectivity index (χ3v) is 5.35. The van der Waals surface area contributed by atoms with Gasteiger partial charge in [0.2, 0.25) is 15.9 Å². The number of hydrogen-bond donors (Lipinski definition) is 1. The number of carbonyl (C=O) groups is 1. The summed E-state index contributed by atoms with van der Waals surface area (Å²) in [6.07, 6.45) is 1.60. The van der Waals surface area contributed by atoms with Gasteiger partial charge >= 0.3 is 0 Å². The van der Waals surface area contributed by atoms with E-state index < -0.39 is 15.8 Å². The van der Waals surface area contributed by atoms with Crippen LogP contribution >= 0.6 is 11.6 Å².